The van der Waals surface area contributed by atoms with Crippen LogP contribution in [-0.2, 0) is 11.2 Å². The fourth-order valence-corrected chi connectivity index (χ4v) is 2.33. The largest absolute Gasteiger partial charge is 0.368 e. The molecule has 2 amide bonds. The zero-order valence-electron chi connectivity index (χ0n) is 12.2. The fraction of sp³-hybridized carbons (Fsp3) is 0.125. The summed E-state index contributed by atoms with van der Waals surface area (Å²) in [6.07, 6.45) is 0.0405. The summed E-state index contributed by atoms with van der Waals surface area (Å²) in [5.74, 6) is -5.93. The number of benzene rings is 2. The average Bonchev–Trinajstić information content (AvgIpc) is 2.47. The average molecular weight is 401 g/mol. The van der Waals surface area contributed by atoms with Gasteiger partial charge in [-0.3, -0.25) is 9.59 Å². The van der Waals surface area contributed by atoms with E-state index in [9.17, 15) is 22.8 Å². The van der Waals surface area contributed by atoms with Crippen molar-refractivity contribution in [3.63, 3.8) is 0 Å². The topological polar surface area (TPSA) is 72.2 Å². The van der Waals surface area contributed by atoms with Crippen molar-refractivity contribution in [3.05, 3.63) is 69.4 Å². The summed E-state index contributed by atoms with van der Waals surface area (Å²) in [6.45, 7) is 0. The number of carbonyl (C=O) groups excluding carboxylic acids is 2. The molecular weight excluding hydrogens is 389 g/mol. The summed E-state index contributed by atoms with van der Waals surface area (Å²) < 4.78 is 41.0. The van der Waals surface area contributed by atoms with Crippen molar-refractivity contribution in [2.45, 2.75) is 12.5 Å². The Bertz CT molecular complexity index is 758. The maximum atomic E-state index is 13.6. The van der Waals surface area contributed by atoms with Gasteiger partial charge in [0.2, 0.25) is 5.91 Å². The highest BCUT2D eigenvalue weighted by atomic mass is 79.9. The molecule has 0 bridgehead atoms. The minimum Gasteiger partial charge on any atom is -0.368 e. The maximum absolute atomic E-state index is 13.6. The highest BCUT2D eigenvalue weighted by Gasteiger charge is 2.24. The van der Waals surface area contributed by atoms with Gasteiger partial charge in [-0.25, -0.2) is 13.2 Å². The first-order valence-electron chi connectivity index (χ1n) is 6.77. The summed E-state index contributed by atoms with van der Waals surface area (Å²) in [4.78, 5) is 23.5. The molecule has 0 spiro atoms. The predicted molar refractivity (Wildman–Crippen MR) is 84.6 cm³/mol. The number of carbonyl (C=O) groups is 2. The van der Waals surface area contributed by atoms with E-state index in [1.54, 1.807) is 24.3 Å². The van der Waals surface area contributed by atoms with Crippen LogP contribution in [0.4, 0.5) is 13.2 Å². The van der Waals surface area contributed by atoms with Gasteiger partial charge in [0.15, 0.2) is 0 Å². The molecule has 0 heterocycles. The molecular formula is C16H12BrF3N2O2. The first kappa shape index (κ1) is 18.0. The molecule has 2 aromatic carbocycles. The molecule has 0 radical (unpaired) electrons. The van der Waals surface area contributed by atoms with Gasteiger partial charge in [0, 0.05) is 23.0 Å². The van der Waals surface area contributed by atoms with E-state index < -0.39 is 40.9 Å². The number of nitrogens with one attached hydrogen (secondary N) is 1. The molecule has 0 saturated heterocycles. The van der Waals surface area contributed by atoms with Crippen molar-refractivity contribution >= 4 is 27.7 Å². The Morgan fingerprint density at radius 3 is 2.12 bits per heavy atom. The summed E-state index contributed by atoms with van der Waals surface area (Å²) in [5, 5.41) is 2.17. The van der Waals surface area contributed by atoms with Gasteiger partial charge < -0.3 is 11.1 Å². The van der Waals surface area contributed by atoms with E-state index in [1.807, 2.05) is 0 Å². The van der Waals surface area contributed by atoms with Crippen molar-refractivity contribution in [1.82, 2.24) is 5.32 Å². The van der Waals surface area contributed by atoms with Crippen molar-refractivity contribution in [3.8, 4) is 0 Å². The van der Waals surface area contributed by atoms with Gasteiger partial charge in [-0.2, -0.15) is 0 Å². The predicted octanol–water partition coefficient (Wildman–Crippen LogP) is 2.69. The zero-order chi connectivity index (χ0) is 17.9. The summed E-state index contributed by atoms with van der Waals surface area (Å²) in [6, 6.07) is 6.44. The smallest absolute Gasteiger partial charge is 0.257 e. The fourth-order valence-electron chi connectivity index (χ4n) is 2.07. The molecule has 0 aromatic heterocycles. The number of hydrogen-bond donors (Lipinski definition) is 2. The van der Waals surface area contributed by atoms with Gasteiger partial charge in [0.1, 0.15) is 29.1 Å². The normalized spacial score (nSPS) is 11.8. The van der Waals surface area contributed by atoms with Crippen LogP contribution >= 0.6 is 15.9 Å². The highest BCUT2D eigenvalue weighted by molar-refractivity contribution is 9.10. The Labute approximate surface area is 144 Å². The molecule has 0 fully saturated rings. The molecule has 8 heteroatoms. The van der Waals surface area contributed by atoms with E-state index in [0.29, 0.717) is 17.7 Å². The number of primary amides is 1. The molecule has 0 aliphatic carbocycles. The van der Waals surface area contributed by atoms with E-state index in [1.165, 1.54) is 0 Å². The SMILES string of the molecule is NC(=O)[C@@H](Cc1ccc(Br)cc1)NC(=O)c1c(F)cc(F)cc1F. The maximum Gasteiger partial charge on any atom is 0.257 e. The Kier molecular flexibility index (Phi) is 5.61. The number of nitrogens with two attached hydrogens (primary N) is 1. The van der Waals surface area contributed by atoms with Gasteiger partial charge in [-0.1, -0.05) is 28.1 Å². The Morgan fingerprint density at radius 2 is 1.62 bits per heavy atom. The minimum atomic E-state index is -1.36. The third kappa shape index (κ3) is 4.35. The molecule has 0 aliphatic heterocycles. The monoisotopic (exact) mass is 400 g/mol. The number of halogens is 4. The van der Waals surface area contributed by atoms with E-state index in [-0.39, 0.29) is 6.42 Å². The highest BCUT2D eigenvalue weighted by Crippen LogP contribution is 2.16. The second-order valence-electron chi connectivity index (χ2n) is 5.00. The summed E-state index contributed by atoms with van der Waals surface area (Å²) in [5.41, 5.74) is 4.94. The van der Waals surface area contributed by atoms with Crippen LogP contribution in [0.15, 0.2) is 40.9 Å². The van der Waals surface area contributed by atoms with Crippen molar-refractivity contribution in [2.75, 3.05) is 0 Å². The lowest BCUT2D eigenvalue weighted by Gasteiger charge is -2.16. The second-order valence-corrected chi connectivity index (χ2v) is 5.92. The molecule has 0 unspecified atom stereocenters. The minimum absolute atomic E-state index is 0.0405. The quantitative estimate of drug-likeness (QED) is 0.809. The second kappa shape index (κ2) is 7.48. The first-order valence-corrected chi connectivity index (χ1v) is 7.56. The number of hydrogen-bond acceptors (Lipinski definition) is 2. The first-order chi connectivity index (χ1) is 11.3. The lowest BCUT2D eigenvalue weighted by molar-refractivity contribution is -0.119. The van der Waals surface area contributed by atoms with Gasteiger partial charge in [-0.15, -0.1) is 0 Å². The molecule has 1 atom stereocenters. The van der Waals surface area contributed by atoms with Crippen molar-refractivity contribution < 1.29 is 22.8 Å². The van der Waals surface area contributed by atoms with Crippen LogP contribution in [0.5, 0.6) is 0 Å². The molecule has 0 saturated carbocycles. The zero-order valence-corrected chi connectivity index (χ0v) is 13.7. The van der Waals surface area contributed by atoms with E-state index in [0.717, 1.165) is 4.47 Å². The van der Waals surface area contributed by atoms with Gasteiger partial charge >= 0.3 is 0 Å². The Balaban J connectivity index is 2.20. The van der Waals surface area contributed by atoms with E-state index in [4.69, 9.17) is 5.73 Å². The van der Waals surface area contributed by atoms with Gasteiger partial charge in [0.25, 0.3) is 5.91 Å². The van der Waals surface area contributed by atoms with Crippen LogP contribution in [0.1, 0.15) is 15.9 Å². The van der Waals surface area contributed by atoms with Crippen LogP contribution in [-0.4, -0.2) is 17.9 Å². The lowest BCUT2D eigenvalue weighted by Crippen LogP contribution is -2.46. The third-order valence-electron chi connectivity index (χ3n) is 3.24. The Hall–Kier alpha value is -2.35. The van der Waals surface area contributed by atoms with E-state index in [2.05, 4.69) is 21.2 Å². The van der Waals surface area contributed by atoms with Crippen LogP contribution in [0.2, 0.25) is 0 Å². The van der Waals surface area contributed by atoms with Crippen LogP contribution < -0.4 is 11.1 Å². The molecule has 2 aromatic rings. The standard InChI is InChI=1S/C16H12BrF3N2O2/c17-9-3-1-8(2-4-9)5-13(15(21)23)22-16(24)14-11(19)6-10(18)7-12(14)20/h1-4,6-7,13H,5H2,(H2,21,23)(H,22,24)/t13-/m1/s1. The molecule has 4 nitrogen and oxygen atoms in total. The van der Waals surface area contributed by atoms with Crippen LogP contribution in [0.3, 0.4) is 0 Å². The molecule has 0 aliphatic rings. The summed E-state index contributed by atoms with van der Waals surface area (Å²) >= 11 is 3.26. The number of rotatable bonds is 5. The molecule has 2 rings (SSSR count). The summed E-state index contributed by atoms with van der Waals surface area (Å²) in [7, 11) is 0. The van der Waals surface area contributed by atoms with Crippen LogP contribution in [0.25, 0.3) is 0 Å². The third-order valence-corrected chi connectivity index (χ3v) is 3.76. The van der Waals surface area contributed by atoms with Gasteiger partial charge in [0.05, 0.1) is 0 Å². The van der Waals surface area contributed by atoms with E-state index >= 15 is 0 Å². The Morgan fingerprint density at radius 1 is 1.08 bits per heavy atom. The van der Waals surface area contributed by atoms with Gasteiger partial charge in [-0.05, 0) is 17.7 Å². The molecule has 24 heavy (non-hydrogen) atoms. The number of amides is 2. The molecule has 3 N–H and O–H groups in total. The van der Waals surface area contributed by atoms with Crippen molar-refractivity contribution in [2.24, 2.45) is 5.73 Å². The van der Waals surface area contributed by atoms with Crippen molar-refractivity contribution in [1.29, 1.82) is 0 Å². The lowest BCUT2D eigenvalue weighted by atomic mass is 10.0. The van der Waals surface area contributed by atoms with Crippen LogP contribution in [0, 0.1) is 17.5 Å². The molecule has 126 valence electrons.